The third-order valence-corrected chi connectivity index (χ3v) is 6.44. The summed E-state index contributed by atoms with van der Waals surface area (Å²) < 4.78 is 39.3. The minimum atomic E-state index is -0.963. The first-order valence-corrected chi connectivity index (χ1v) is 11.9. The van der Waals surface area contributed by atoms with E-state index < -0.39 is 34.5 Å². The fourth-order valence-corrected chi connectivity index (χ4v) is 4.54. The standard InChI is InChI=1S/C25H29F2N3O6/c1-35-10-3-9-29-15-28(13-18-4-2-11-36-18)25(34)22-24(33)23(32)19(14-30(22)29)21(31)8-6-16-5-7-17(26)12-20(16)27/h5,7,12,14,18,33H,2-4,6,8-11,13,15H2,1H3. The largest absolute Gasteiger partial charge is 0.502 e. The molecule has 0 bridgehead atoms. The molecule has 1 aromatic carbocycles. The number of hydrogen-bond donors (Lipinski definition) is 1. The van der Waals surface area contributed by atoms with Crippen LogP contribution in [-0.4, -0.2) is 72.6 Å². The molecule has 1 amide bonds. The van der Waals surface area contributed by atoms with Crippen molar-refractivity contribution >= 4 is 11.7 Å². The number of carbonyl (C=O) groups is 2. The number of benzene rings is 1. The van der Waals surface area contributed by atoms with Crippen molar-refractivity contribution in [2.45, 2.75) is 38.2 Å². The molecule has 4 rings (SSSR count). The molecule has 36 heavy (non-hydrogen) atoms. The molecule has 11 heteroatoms. The number of rotatable bonds is 10. The van der Waals surface area contributed by atoms with Crippen LogP contribution in [0, 0.1) is 11.6 Å². The lowest BCUT2D eigenvalue weighted by Gasteiger charge is -2.40. The number of fused-ring (bicyclic) bond motifs is 1. The first-order valence-electron chi connectivity index (χ1n) is 11.9. The highest BCUT2D eigenvalue weighted by atomic mass is 19.1. The number of ketones is 1. The highest BCUT2D eigenvalue weighted by Gasteiger charge is 2.35. The van der Waals surface area contributed by atoms with E-state index in [0.29, 0.717) is 32.7 Å². The Morgan fingerprint density at radius 1 is 1.28 bits per heavy atom. The summed E-state index contributed by atoms with van der Waals surface area (Å²) in [6, 6.07) is 3.06. The summed E-state index contributed by atoms with van der Waals surface area (Å²) in [7, 11) is 1.57. The van der Waals surface area contributed by atoms with Crippen LogP contribution in [0.25, 0.3) is 0 Å². The fourth-order valence-electron chi connectivity index (χ4n) is 4.54. The van der Waals surface area contributed by atoms with E-state index in [-0.39, 0.29) is 42.4 Å². The Kier molecular flexibility index (Phi) is 8.00. The van der Waals surface area contributed by atoms with Gasteiger partial charge in [-0.15, -0.1) is 0 Å². The number of carbonyl (C=O) groups excluding carboxylic acids is 2. The van der Waals surface area contributed by atoms with E-state index in [1.807, 2.05) is 0 Å². The lowest BCUT2D eigenvalue weighted by molar-refractivity contribution is 0.0455. The smallest absolute Gasteiger partial charge is 0.277 e. The van der Waals surface area contributed by atoms with Gasteiger partial charge >= 0.3 is 0 Å². The van der Waals surface area contributed by atoms with Crippen LogP contribution in [-0.2, 0) is 15.9 Å². The van der Waals surface area contributed by atoms with E-state index in [9.17, 15) is 28.3 Å². The van der Waals surface area contributed by atoms with Gasteiger partial charge in [0.05, 0.1) is 11.7 Å². The van der Waals surface area contributed by atoms with Gasteiger partial charge < -0.3 is 19.5 Å². The Morgan fingerprint density at radius 3 is 2.78 bits per heavy atom. The second kappa shape index (κ2) is 11.2. The molecule has 1 unspecified atom stereocenters. The van der Waals surface area contributed by atoms with E-state index in [4.69, 9.17) is 9.47 Å². The third kappa shape index (κ3) is 5.41. The normalized spacial score (nSPS) is 17.5. The van der Waals surface area contributed by atoms with Gasteiger partial charge in [0.15, 0.2) is 17.2 Å². The van der Waals surface area contributed by atoms with Gasteiger partial charge in [-0.2, -0.15) is 0 Å². The van der Waals surface area contributed by atoms with Crippen molar-refractivity contribution in [2.24, 2.45) is 0 Å². The predicted molar refractivity (Wildman–Crippen MR) is 126 cm³/mol. The Balaban J connectivity index is 1.62. The minimum absolute atomic E-state index is 0.0570. The number of pyridine rings is 1. The van der Waals surface area contributed by atoms with Crippen LogP contribution in [0.5, 0.6) is 5.75 Å². The Bertz CT molecular complexity index is 1200. The van der Waals surface area contributed by atoms with Crippen LogP contribution >= 0.6 is 0 Å². The zero-order chi connectivity index (χ0) is 25.8. The molecule has 1 atom stereocenters. The second-order valence-electron chi connectivity index (χ2n) is 8.95. The Labute approximate surface area is 206 Å². The first kappa shape index (κ1) is 25.8. The maximum absolute atomic E-state index is 14.0. The van der Waals surface area contributed by atoms with Crippen LogP contribution in [0.15, 0.2) is 29.2 Å². The van der Waals surface area contributed by atoms with Gasteiger partial charge in [0.1, 0.15) is 18.3 Å². The maximum atomic E-state index is 14.0. The van der Waals surface area contributed by atoms with Crippen LogP contribution in [0.4, 0.5) is 8.78 Å². The Hall–Kier alpha value is -3.31. The summed E-state index contributed by atoms with van der Waals surface area (Å²) in [4.78, 5) is 40.6. The van der Waals surface area contributed by atoms with E-state index >= 15 is 0 Å². The van der Waals surface area contributed by atoms with Crippen LogP contribution < -0.4 is 10.4 Å². The average molecular weight is 506 g/mol. The van der Waals surface area contributed by atoms with Gasteiger partial charge in [-0.3, -0.25) is 24.1 Å². The number of hydrogen-bond acceptors (Lipinski definition) is 7. The molecule has 0 saturated carbocycles. The molecular weight excluding hydrogens is 476 g/mol. The van der Waals surface area contributed by atoms with E-state index in [1.54, 1.807) is 12.1 Å². The molecular formula is C25H29F2N3O6. The van der Waals surface area contributed by atoms with Crippen molar-refractivity contribution in [3.05, 3.63) is 63.1 Å². The van der Waals surface area contributed by atoms with Crippen LogP contribution in [0.3, 0.4) is 0 Å². The zero-order valence-electron chi connectivity index (χ0n) is 20.0. The van der Waals surface area contributed by atoms with Crippen molar-refractivity contribution in [3.8, 4) is 5.75 Å². The number of aromatic nitrogens is 1. The average Bonchev–Trinajstić information content (AvgIpc) is 3.36. The molecule has 3 heterocycles. The van der Waals surface area contributed by atoms with Gasteiger partial charge in [-0.1, -0.05) is 6.07 Å². The first-order chi connectivity index (χ1) is 17.3. The third-order valence-electron chi connectivity index (χ3n) is 6.44. The summed E-state index contributed by atoms with van der Waals surface area (Å²) >= 11 is 0. The van der Waals surface area contributed by atoms with E-state index in [0.717, 1.165) is 25.0 Å². The highest BCUT2D eigenvalue weighted by Crippen LogP contribution is 2.24. The number of halogens is 2. The SMILES string of the molecule is COCCCN1CN(CC2CCCO2)C(=O)c2c(O)c(=O)c(C(=O)CCc3ccc(F)cc3F)cn21. The number of methoxy groups -OCH3 is 1. The van der Waals surface area contributed by atoms with Crippen molar-refractivity contribution in [3.63, 3.8) is 0 Å². The summed E-state index contributed by atoms with van der Waals surface area (Å²) in [5.74, 6) is -3.48. The fraction of sp³-hybridized carbons (Fsp3) is 0.480. The molecule has 2 aliphatic heterocycles. The molecule has 1 fully saturated rings. The number of aryl methyl sites for hydroxylation is 1. The van der Waals surface area contributed by atoms with Gasteiger partial charge in [0.2, 0.25) is 5.43 Å². The maximum Gasteiger partial charge on any atom is 0.277 e. The number of amides is 1. The molecule has 194 valence electrons. The lowest BCUT2D eigenvalue weighted by atomic mass is 10.0. The van der Waals surface area contributed by atoms with E-state index in [2.05, 4.69) is 0 Å². The van der Waals surface area contributed by atoms with Gasteiger partial charge in [-0.05, 0) is 37.3 Å². The Morgan fingerprint density at radius 2 is 2.08 bits per heavy atom. The highest BCUT2D eigenvalue weighted by molar-refractivity contribution is 6.00. The van der Waals surface area contributed by atoms with Gasteiger partial charge in [-0.25, -0.2) is 8.78 Å². The van der Waals surface area contributed by atoms with E-state index in [1.165, 1.54) is 21.8 Å². The minimum Gasteiger partial charge on any atom is -0.502 e. The molecule has 0 spiro atoms. The molecule has 0 radical (unpaired) electrons. The quantitative estimate of drug-likeness (QED) is 0.390. The second-order valence-corrected chi connectivity index (χ2v) is 8.95. The topological polar surface area (TPSA) is 101 Å². The summed E-state index contributed by atoms with van der Waals surface area (Å²) in [6.45, 7) is 1.99. The monoisotopic (exact) mass is 505 g/mol. The summed E-state index contributed by atoms with van der Waals surface area (Å²) in [5.41, 5.74) is -1.36. The number of Topliss-reactive ketones (excluding diaryl/α,β-unsaturated/α-hetero) is 1. The number of aromatic hydroxyl groups is 1. The van der Waals surface area contributed by atoms with Crippen molar-refractivity contribution < 1.29 is 33.0 Å². The summed E-state index contributed by atoms with van der Waals surface area (Å²) in [5, 5.41) is 12.5. The molecule has 2 aromatic rings. The van der Waals surface area contributed by atoms with Crippen molar-refractivity contribution in [2.75, 3.05) is 45.1 Å². The van der Waals surface area contributed by atoms with Crippen LogP contribution in [0.2, 0.25) is 0 Å². The van der Waals surface area contributed by atoms with Gasteiger partial charge in [0.25, 0.3) is 5.91 Å². The molecule has 9 nitrogen and oxygen atoms in total. The molecule has 1 aromatic heterocycles. The lowest BCUT2D eigenvalue weighted by Crippen LogP contribution is -2.56. The van der Waals surface area contributed by atoms with Crippen molar-refractivity contribution in [1.29, 1.82) is 0 Å². The summed E-state index contributed by atoms with van der Waals surface area (Å²) in [6.07, 6.45) is 3.15. The predicted octanol–water partition coefficient (Wildman–Crippen LogP) is 2.21. The molecule has 1 saturated heterocycles. The molecule has 0 aliphatic carbocycles. The number of nitrogens with zero attached hydrogens (tertiary/aromatic N) is 3. The number of ether oxygens (including phenoxy) is 2. The molecule has 2 aliphatic rings. The van der Waals surface area contributed by atoms with Crippen LogP contribution in [0.1, 0.15) is 52.1 Å². The van der Waals surface area contributed by atoms with Crippen molar-refractivity contribution in [1.82, 2.24) is 9.58 Å². The molecule has 1 N–H and O–H groups in total. The van der Waals surface area contributed by atoms with Gasteiger partial charge in [0, 0.05) is 52.1 Å². The zero-order valence-corrected chi connectivity index (χ0v) is 20.0.